The molecule has 0 amide bonds. The standard InChI is InChI=1S/C20H14Cl3N3O4S/c21-13-2-4-19-12(7-13)8-15(31-19)11-29-18(16-3-1-14(22)9-17(16)23)10-25-6-5-24-20(25)30-26(27)28/h1-9,18H,10-11H2. The van der Waals surface area contributed by atoms with Crippen LogP contribution in [-0.4, -0.2) is 14.6 Å². The summed E-state index contributed by atoms with van der Waals surface area (Å²) in [6.07, 6.45) is 2.44. The Balaban J connectivity index is 1.60. The van der Waals surface area contributed by atoms with Crippen LogP contribution in [0.4, 0.5) is 0 Å². The van der Waals surface area contributed by atoms with Gasteiger partial charge < -0.3 is 9.30 Å². The lowest BCUT2D eigenvalue weighted by atomic mass is 10.1. The summed E-state index contributed by atoms with van der Waals surface area (Å²) in [5.74, 6) is 0. The number of hydrogen-bond donors (Lipinski definition) is 0. The van der Waals surface area contributed by atoms with Crippen molar-refractivity contribution in [1.82, 2.24) is 9.55 Å². The number of halogens is 3. The lowest BCUT2D eigenvalue weighted by Gasteiger charge is -2.20. The molecule has 0 radical (unpaired) electrons. The Labute approximate surface area is 195 Å². The van der Waals surface area contributed by atoms with Gasteiger partial charge in [0.25, 0.3) is 6.01 Å². The van der Waals surface area contributed by atoms with E-state index in [9.17, 15) is 10.1 Å². The second-order valence-electron chi connectivity index (χ2n) is 6.54. The summed E-state index contributed by atoms with van der Waals surface area (Å²) < 4.78 is 8.79. The molecule has 4 aromatic rings. The highest BCUT2D eigenvalue weighted by atomic mass is 35.5. The van der Waals surface area contributed by atoms with Crippen LogP contribution in [0.25, 0.3) is 10.1 Å². The Morgan fingerprint density at radius 3 is 2.68 bits per heavy atom. The van der Waals surface area contributed by atoms with Crippen molar-refractivity contribution in [3.05, 3.63) is 90.5 Å². The summed E-state index contributed by atoms with van der Waals surface area (Å²) in [5, 5.41) is 12.5. The van der Waals surface area contributed by atoms with Crippen LogP contribution in [-0.2, 0) is 17.9 Å². The van der Waals surface area contributed by atoms with Crippen molar-refractivity contribution in [2.24, 2.45) is 0 Å². The van der Waals surface area contributed by atoms with Crippen molar-refractivity contribution in [2.75, 3.05) is 0 Å². The first-order valence-electron chi connectivity index (χ1n) is 8.97. The Kier molecular flexibility index (Phi) is 6.64. The molecule has 2 aromatic heterocycles. The lowest BCUT2D eigenvalue weighted by Crippen LogP contribution is -2.16. The zero-order valence-corrected chi connectivity index (χ0v) is 18.8. The van der Waals surface area contributed by atoms with Crippen LogP contribution < -0.4 is 4.84 Å². The smallest absolute Gasteiger partial charge is 0.302 e. The molecule has 4 rings (SSSR count). The summed E-state index contributed by atoms with van der Waals surface area (Å²) in [5.41, 5.74) is 0.691. The molecule has 0 aliphatic rings. The molecule has 0 fully saturated rings. The average Bonchev–Trinajstić information content (AvgIpc) is 3.31. The number of nitrogens with zero attached hydrogens (tertiary/aromatic N) is 3. The number of ether oxygens (including phenoxy) is 1. The van der Waals surface area contributed by atoms with Gasteiger partial charge in [0.15, 0.2) is 0 Å². The van der Waals surface area contributed by atoms with E-state index in [-0.39, 0.29) is 12.6 Å². The van der Waals surface area contributed by atoms with E-state index in [4.69, 9.17) is 39.5 Å². The van der Waals surface area contributed by atoms with Crippen LogP contribution in [0.5, 0.6) is 6.01 Å². The number of fused-ring (bicyclic) bond motifs is 1. The number of imidazole rings is 1. The molecule has 0 saturated heterocycles. The Morgan fingerprint density at radius 2 is 1.90 bits per heavy atom. The van der Waals surface area contributed by atoms with Crippen LogP contribution in [0.3, 0.4) is 0 Å². The first-order chi connectivity index (χ1) is 14.9. The SMILES string of the molecule is O=[N+]([O-])Oc1nccn1CC(OCc1cc2cc(Cl)ccc2s1)c1ccc(Cl)cc1Cl. The van der Waals surface area contributed by atoms with E-state index in [1.165, 1.54) is 10.8 Å². The van der Waals surface area contributed by atoms with E-state index in [1.807, 2.05) is 24.3 Å². The highest BCUT2D eigenvalue weighted by Gasteiger charge is 2.20. The van der Waals surface area contributed by atoms with Gasteiger partial charge in [0, 0.05) is 42.6 Å². The summed E-state index contributed by atoms with van der Waals surface area (Å²) >= 11 is 20.1. The molecule has 1 unspecified atom stereocenters. The van der Waals surface area contributed by atoms with Crippen molar-refractivity contribution in [3.63, 3.8) is 0 Å². The molecule has 1 atom stereocenters. The van der Waals surface area contributed by atoms with Gasteiger partial charge in [-0.15, -0.1) is 21.5 Å². The fourth-order valence-electron chi connectivity index (χ4n) is 3.10. The first-order valence-corrected chi connectivity index (χ1v) is 10.9. The third-order valence-corrected chi connectivity index (χ3v) is 6.35. The van der Waals surface area contributed by atoms with Crippen LogP contribution in [0.1, 0.15) is 16.5 Å². The highest BCUT2D eigenvalue weighted by Crippen LogP contribution is 2.33. The second-order valence-corrected chi connectivity index (χ2v) is 8.99. The maximum Gasteiger partial charge on any atom is 0.302 e. The maximum atomic E-state index is 10.7. The minimum Gasteiger partial charge on any atom is -0.366 e. The van der Waals surface area contributed by atoms with Gasteiger partial charge >= 0.3 is 5.09 Å². The van der Waals surface area contributed by atoms with E-state index in [0.717, 1.165) is 15.0 Å². The highest BCUT2D eigenvalue weighted by molar-refractivity contribution is 7.19. The number of rotatable bonds is 8. The van der Waals surface area contributed by atoms with Crippen LogP contribution in [0.2, 0.25) is 15.1 Å². The van der Waals surface area contributed by atoms with Gasteiger partial charge in [-0.05, 0) is 41.8 Å². The summed E-state index contributed by atoms with van der Waals surface area (Å²) in [4.78, 5) is 20.2. The normalized spacial score (nSPS) is 12.2. The molecule has 0 spiro atoms. The van der Waals surface area contributed by atoms with E-state index >= 15 is 0 Å². The summed E-state index contributed by atoms with van der Waals surface area (Å²) in [6, 6.07) is 12.7. The molecule has 160 valence electrons. The minimum absolute atomic E-state index is 0.153. The zero-order chi connectivity index (χ0) is 22.0. The fourth-order valence-corrected chi connectivity index (χ4v) is 4.78. The van der Waals surface area contributed by atoms with E-state index < -0.39 is 11.2 Å². The second kappa shape index (κ2) is 9.42. The third kappa shape index (κ3) is 5.28. The minimum atomic E-state index is -0.910. The van der Waals surface area contributed by atoms with E-state index in [2.05, 4.69) is 9.82 Å². The maximum absolute atomic E-state index is 10.7. The lowest BCUT2D eigenvalue weighted by molar-refractivity contribution is -0.713. The van der Waals surface area contributed by atoms with Crippen LogP contribution in [0, 0.1) is 10.1 Å². The van der Waals surface area contributed by atoms with Gasteiger partial charge in [-0.1, -0.05) is 40.9 Å². The van der Waals surface area contributed by atoms with Crippen molar-refractivity contribution in [3.8, 4) is 6.01 Å². The molecule has 31 heavy (non-hydrogen) atoms. The Morgan fingerprint density at radius 1 is 1.13 bits per heavy atom. The van der Waals surface area contributed by atoms with Gasteiger partial charge in [-0.25, -0.2) is 9.82 Å². The summed E-state index contributed by atoms with van der Waals surface area (Å²) in [7, 11) is 0. The predicted octanol–water partition coefficient (Wildman–Crippen LogP) is 6.59. The monoisotopic (exact) mass is 497 g/mol. The molecular weight excluding hydrogens is 485 g/mol. The van der Waals surface area contributed by atoms with E-state index in [1.54, 1.807) is 35.7 Å². The predicted molar refractivity (Wildman–Crippen MR) is 121 cm³/mol. The molecule has 7 nitrogen and oxygen atoms in total. The molecule has 0 bridgehead atoms. The topological polar surface area (TPSA) is 79.4 Å². The number of benzene rings is 2. The van der Waals surface area contributed by atoms with Crippen molar-refractivity contribution >= 4 is 56.2 Å². The largest absolute Gasteiger partial charge is 0.366 e. The van der Waals surface area contributed by atoms with Gasteiger partial charge in [0.2, 0.25) is 0 Å². The third-order valence-electron chi connectivity index (χ3n) is 4.46. The van der Waals surface area contributed by atoms with Crippen LogP contribution >= 0.6 is 46.1 Å². The van der Waals surface area contributed by atoms with Gasteiger partial charge in [-0.2, -0.15) is 0 Å². The van der Waals surface area contributed by atoms with Crippen molar-refractivity contribution in [2.45, 2.75) is 19.3 Å². The molecule has 2 aromatic carbocycles. The molecule has 0 aliphatic carbocycles. The Hall–Kier alpha value is -2.36. The zero-order valence-electron chi connectivity index (χ0n) is 15.7. The molecule has 2 heterocycles. The van der Waals surface area contributed by atoms with Crippen molar-refractivity contribution in [1.29, 1.82) is 0 Å². The average molecular weight is 499 g/mol. The number of hydrogen-bond acceptors (Lipinski definition) is 6. The van der Waals surface area contributed by atoms with Crippen molar-refractivity contribution < 1.29 is 14.7 Å². The van der Waals surface area contributed by atoms with Gasteiger partial charge in [-0.3, -0.25) is 0 Å². The fraction of sp³-hybridized carbons (Fsp3) is 0.150. The van der Waals surface area contributed by atoms with Gasteiger partial charge in [0.1, 0.15) is 6.10 Å². The molecule has 0 saturated carbocycles. The molecular formula is C20H14Cl3N3O4S. The quantitative estimate of drug-likeness (QED) is 0.202. The molecule has 0 N–H and O–H groups in total. The Bertz CT molecular complexity index is 1240. The number of thiophene rings is 1. The molecule has 11 heteroatoms. The van der Waals surface area contributed by atoms with Crippen LogP contribution in [0.15, 0.2) is 54.9 Å². The number of aromatic nitrogens is 2. The molecule has 0 aliphatic heterocycles. The summed E-state index contributed by atoms with van der Waals surface area (Å²) in [6.45, 7) is 0.502. The first kappa shape index (κ1) is 21.9. The van der Waals surface area contributed by atoms with E-state index in [0.29, 0.717) is 27.2 Å². The van der Waals surface area contributed by atoms with Gasteiger partial charge in [0.05, 0.1) is 13.2 Å².